The number of aromatic nitrogens is 2. The fourth-order valence-corrected chi connectivity index (χ4v) is 8.38. The standard InChI is InChI=1S/C42H49ClN8O4/c1-4-39(54)51-20-19-50(26-31(51)11-13-44)41-32-12-14-49(36-10-6-8-29-7-5-9-34(43)40(29)36)27-35(32)45-42(46-41)55-22-21-47-15-17-48(18-16-47)25-30-23-33(28(2)3)38(53)24-37(30)52/h4-10,23-24,28,31,52-53H,1,11-12,14-22,25-27H2,2-3H3/t31-/m0/s1. The molecule has 3 aliphatic heterocycles. The van der Waals surface area contributed by atoms with Gasteiger partial charge in [0.25, 0.3) is 0 Å². The number of anilines is 2. The van der Waals surface area contributed by atoms with Crippen LogP contribution in [0.5, 0.6) is 17.5 Å². The molecule has 55 heavy (non-hydrogen) atoms. The summed E-state index contributed by atoms with van der Waals surface area (Å²) in [6, 6.07) is 17.9. The molecule has 0 unspecified atom stereocenters. The molecule has 0 bridgehead atoms. The number of rotatable bonds is 11. The lowest BCUT2D eigenvalue weighted by molar-refractivity contribution is -0.128. The van der Waals surface area contributed by atoms with Crippen LogP contribution in [-0.4, -0.2) is 112 Å². The molecule has 4 heterocycles. The second-order valence-corrected chi connectivity index (χ2v) is 15.3. The molecule has 4 aromatic rings. The maximum Gasteiger partial charge on any atom is 0.318 e. The molecule has 288 valence electrons. The zero-order valence-electron chi connectivity index (χ0n) is 31.6. The summed E-state index contributed by atoms with van der Waals surface area (Å²) in [5, 5.41) is 33.2. The molecule has 3 aromatic carbocycles. The van der Waals surface area contributed by atoms with Crippen LogP contribution in [0.2, 0.25) is 5.02 Å². The second-order valence-electron chi connectivity index (χ2n) is 14.9. The molecule has 0 aliphatic carbocycles. The van der Waals surface area contributed by atoms with Gasteiger partial charge in [0.1, 0.15) is 23.9 Å². The molecule has 2 fully saturated rings. The van der Waals surface area contributed by atoms with E-state index in [0.717, 1.165) is 77.4 Å². The fourth-order valence-electron chi connectivity index (χ4n) is 8.10. The van der Waals surface area contributed by atoms with Crippen molar-refractivity contribution in [2.45, 2.75) is 51.7 Å². The predicted octanol–water partition coefficient (Wildman–Crippen LogP) is 5.69. The van der Waals surface area contributed by atoms with E-state index in [2.05, 4.69) is 56.5 Å². The third kappa shape index (κ3) is 8.29. The average Bonchev–Trinajstić information content (AvgIpc) is 3.18. The van der Waals surface area contributed by atoms with E-state index in [4.69, 9.17) is 26.3 Å². The first kappa shape index (κ1) is 38.2. The quantitative estimate of drug-likeness (QED) is 0.183. The van der Waals surface area contributed by atoms with E-state index in [-0.39, 0.29) is 35.8 Å². The van der Waals surface area contributed by atoms with Crippen LogP contribution in [0.4, 0.5) is 11.5 Å². The maximum atomic E-state index is 12.7. The van der Waals surface area contributed by atoms with E-state index in [1.54, 1.807) is 4.90 Å². The molecule has 0 radical (unpaired) electrons. The van der Waals surface area contributed by atoms with Gasteiger partial charge in [-0.1, -0.05) is 56.3 Å². The summed E-state index contributed by atoms with van der Waals surface area (Å²) in [4.78, 5) is 33.6. The number of halogens is 1. The molecule has 1 amide bonds. The van der Waals surface area contributed by atoms with Crippen LogP contribution in [0.15, 0.2) is 61.2 Å². The third-order valence-electron chi connectivity index (χ3n) is 11.1. The van der Waals surface area contributed by atoms with Crippen LogP contribution in [0.25, 0.3) is 10.8 Å². The monoisotopic (exact) mass is 764 g/mol. The first-order chi connectivity index (χ1) is 26.6. The smallest absolute Gasteiger partial charge is 0.318 e. The number of hydrogen-bond donors (Lipinski definition) is 2. The van der Waals surface area contributed by atoms with Gasteiger partial charge in [-0.25, -0.2) is 0 Å². The molecule has 12 nitrogen and oxygen atoms in total. The van der Waals surface area contributed by atoms with Crippen molar-refractivity contribution in [1.29, 1.82) is 5.26 Å². The van der Waals surface area contributed by atoms with E-state index in [0.29, 0.717) is 63.3 Å². The first-order valence-corrected chi connectivity index (χ1v) is 19.5. The van der Waals surface area contributed by atoms with E-state index in [1.807, 2.05) is 32.0 Å². The molecule has 3 aliphatic rings. The van der Waals surface area contributed by atoms with E-state index in [1.165, 1.54) is 12.1 Å². The molecule has 1 aromatic heterocycles. The minimum absolute atomic E-state index is 0.124. The molecule has 7 rings (SSSR count). The Morgan fingerprint density at radius 2 is 1.78 bits per heavy atom. The Morgan fingerprint density at radius 1 is 1.02 bits per heavy atom. The fraction of sp³-hybridized carbons (Fsp3) is 0.429. The average molecular weight is 765 g/mol. The number of piperazine rings is 2. The van der Waals surface area contributed by atoms with Gasteiger partial charge in [-0.3, -0.25) is 14.6 Å². The van der Waals surface area contributed by atoms with Crippen molar-refractivity contribution in [1.82, 2.24) is 24.7 Å². The summed E-state index contributed by atoms with van der Waals surface area (Å²) in [5.41, 5.74) is 4.68. The topological polar surface area (TPSA) is 133 Å². The van der Waals surface area contributed by atoms with Gasteiger partial charge in [0.05, 0.1) is 35.8 Å². The summed E-state index contributed by atoms with van der Waals surface area (Å²) < 4.78 is 6.34. The SMILES string of the molecule is C=CC(=O)N1CCN(c2nc(OCCN3CCN(Cc4cc(C(C)C)c(O)cc4O)CC3)nc3c2CCN(c2cccc4cccc(Cl)c24)C3)C[C@@H]1CC#N. The van der Waals surface area contributed by atoms with Crippen LogP contribution >= 0.6 is 11.6 Å². The Balaban J connectivity index is 1.07. The number of carbonyl (C=O) groups is 1. The summed E-state index contributed by atoms with van der Waals surface area (Å²) in [7, 11) is 0. The van der Waals surface area contributed by atoms with Crippen LogP contribution < -0.4 is 14.5 Å². The van der Waals surface area contributed by atoms with Crippen LogP contribution in [0.3, 0.4) is 0 Å². The van der Waals surface area contributed by atoms with Gasteiger partial charge < -0.3 is 29.6 Å². The highest BCUT2D eigenvalue weighted by molar-refractivity contribution is 6.36. The van der Waals surface area contributed by atoms with Gasteiger partial charge in [-0.15, -0.1) is 0 Å². The second kappa shape index (κ2) is 16.7. The van der Waals surface area contributed by atoms with Crippen molar-refractivity contribution >= 4 is 39.8 Å². The number of aromatic hydroxyl groups is 2. The number of ether oxygens (including phenoxy) is 1. The Labute approximate surface area is 327 Å². The zero-order valence-corrected chi connectivity index (χ0v) is 32.4. The van der Waals surface area contributed by atoms with Gasteiger partial charge >= 0.3 is 6.01 Å². The molecular weight excluding hydrogens is 716 g/mol. The number of nitriles is 1. The van der Waals surface area contributed by atoms with Crippen molar-refractivity contribution in [3.63, 3.8) is 0 Å². The lowest BCUT2D eigenvalue weighted by atomic mass is 9.98. The molecule has 13 heteroatoms. The number of fused-ring (bicyclic) bond motifs is 2. The van der Waals surface area contributed by atoms with Crippen LogP contribution in [-0.2, 0) is 24.3 Å². The largest absolute Gasteiger partial charge is 0.508 e. The Bertz CT molecular complexity index is 2090. The van der Waals surface area contributed by atoms with Crippen LogP contribution in [0, 0.1) is 11.3 Å². The van der Waals surface area contributed by atoms with Crippen LogP contribution in [0.1, 0.15) is 48.6 Å². The third-order valence-corrected chi connectivity index (χ3v) is 11.4. The Morgan fingerprint density at radius 3 is 2.53 bits per heavy atom. The normalized spacial score (nSPS) is 18.0. The van der Waals surface area contributed by atoms with Crippen molar-refractivity contribution in [3.05, 3.63) is 88.6 Å². The van der Waals surface area contributed by atoms with Crippen molar-refractivity contribution in [2.75, 3.05) is 75.3 Å². The highest BCUT2D eigenvalue weighted by atomic mass is 35.5. The predicted molar refractivity (Wildman–Crippen MR) is 215 cm³/mol. The highest BCUT2D eigenvalue weighted by Gasteiger charge is 2.33. The van der Waals surface area contributed by atoms with Crippen molar-refractivity contribution < 1.29 is 19.7 Å². The van der Waals surface area contributed by atoms with Gasteiger partial charge in [0.2, 0.25) is 5.91 Å². The number of nitrogens with zero attached hydrogens (tertiary/aromatic N) is 8. The lowest BCUT2D eigenvalue weighted by Crippen LogP contribution is -2.55. The number of phenolic OH excluding ortho intramolecular Hbond substituents is 2. The Kier molecular flexibility index (Phi) is 11.6. The number of amides is 1. The van der Waals surface area contributed by atoms with Crippen molar-refractivity contribution in [2.24, 2.45) is 0 Å². The summed E-state index contributed by atoms with van der Waals surface area (Å²) >= 11 is 6.75. The van der Waals surface area contributed by atoms with Crippen molar-refractivity contribution in [3.8, 4) is 23.6 Å². The molecule has 0 spiro atoms. The van der Waals surface area contributed by atoms with Gasteiger partial charge in [0.15, 0.2) is 0 Å². The van der Waals surface area contributed by atoms with Gasteiger partial charge in [-0.2, -0.15) is 15.2 Å². The summed E-state index contributed by atoms with van der Waals surface area (Å²) in [6.45, 7) is 15.7. The van der Waals surface area contributed by atoms with E-state index in [9.17, 15) is 20.3 Å². The lowest BCUT2D eigenvalue weighted by Gasteiger charge is -2.42. The highest BCUT2D eigenvalue weighted by Crippen LogP contribution is 2.38. The summed E-state index contributed by atoms with van der Waals surface area (Å²) in [6.07, 6.45) is 2.24. The molecule has 2 N–H and O–H groups in total. The Hall–Kier alpha value is -5.09. The minimum atomic E-state index is -0.286. The number of carbonyl (C=O) groups excluding carboxylic acids is 1. The molecule has 0 saturated carbocycles. The number of phenols is 2. The number of benzene rings is 3. The molecule has 1 atom stereocenters. The number of hydrogen-bond acceptors (Lipinski definition) is 11. The van der Waals surface area contributed by atoms with E-state index >= 15 is 0 Å². The first-order valence-electron chi connectivity index (χ1n) is 19.1. The van der Waals surface area contributed by atoms with E-state index < -0.39 is 0 Å². The minimum Gasteiger partial charge on any atom is -0.508 e. The maximum absolute atomic E-state index is 12.7. The molecular formula is C42H49ClN8O4. The summed E-state index contributed by atoms with van der Waals surface area (Å²) in [5.74, 6) is 1.05. The van der Waals surface area contributed by atoms with Gasteiger partial charge in [-0.05, 0) is 47.6 Å². The zero-order chi connectivity index (χ0) is 38.6. The molecule has 2 saturated heterocycles. The van der Waals surface area contributed by atoms with Gasteiger partial charge in [0, 0.05) is 93.7 Å².